The lowest BCUT2D eigenvalue weighted by Gasteiger charge is -2.37. The first kappa shape index (κ1) is 18.0. The van der Waals surface area contributed by atoms with Crippen LogP contribution in [0, 0.1) is 12.8 Å². The largest absolute Gasteiger partial charge is 0.352 e. The molecule has 3 rings (SSSR count). The maximum Gasteiger partial charge on any atom is 0.225 e. The highest BCUT2D eigenvalue weighted by atomic mass is 16.2. The molecule has 0 aromatic heterocycles. The minimum atomic E-state index is -0.0641. The molecule has 2 aliphatic rings. The smallest absolute Gasteiger partial charge is 0.225 e. The number of carbonyl (C=O) groups excluding carboxylic acids is 2. The molecule has 1 aromatic carbocycles. The standard InChI is InChI=1S/C21H30N2O2/c1-16-7-6-8-17(13-16)14-22-21(25)18-11-12-20(24)23(15-18)19-9-4-2-3-5-10-19/h6-8,13,18-19H,2-5,9-12,14-15H2,1H3,(H,22,25)/t18-/m1/s1. The number of carbonyl (C=O) groups is 2. The van der Waals surface area contributed by atoms with Gasteiger partial charge in [0.15, 0.2) is 0 Å². The number of likely N-dealkylation sites (tertiary alicyclic amines) is 1. The maximum atomic E-state index is 12.6. The predicted molar refractivity (Wildman–Crippen MR) is 99.0 cm³/mol. The van der Waals surface area contributed by atoms with Crippen LogP contribution in [0.25, 0.3) is 0 Å². The van der Waals surface area contributed by atoms with E-state index in [-0.39, 0.29) is 17.7 Å². The summed E-state index contributed by atoms with van der Waals surface area (Å²) < 4.78 is 0. The highest BCUT2D eigenvalue weighted by Gasteiger charge is 2.34. The first-order valence-electron chi connectivity index (χ1n) is 9.76. The zero-order valence-electron chi connectivity index (χ0n) is 15.3. The van der Waals surface area contributed by atoms with E-state index in [2.05, 4.69) is 24.4 Å². The zero-order chi connectivity index (χ0) is 17.6. The van der Waals surface area contributed by atoms with Gasteiger partial charge in [-0.25, -0.2) is 0 Å². The predicted octanol–water partition coefficient (Wildman–Crippen LogP) is 3.57. The van der Waals surface area contributed by atoms with Crippen molar-refractivity contribution in [2.45, 2.75) is 70.9 Å². The van der Waals surface area contributed by atoms with Gasteiger partial charge in [0.25, 0.3) is 0 Å². The molecule has 136 valence electrons. The molecular formula is C21H30N2O2. The van der Waals surface area contributed by atoms with Gasteiger partial charge in [0.2, 0.25) is 11.8 Å². The summed E-state index contributed by atoms with van der Waals surface area (Å²) in [6, 6.07) is 8.56. The van der Waals surface area contributed by atoms with E-state index in [4.69, 9.17) is 0 Å². The van der Waals surface area contributed by atoms with Gasteiger partial charge < -0.3 is 10.2 Å². The SMILES string of the molecule is Cc1cccc(CNC(=O)[C@@H]2CCC(=O)N(C3CCCCCC3)C2)c1. The zero-order valence-corrected chi connectivity index (χ0v) is 15.3. The van der Waals surface area contributed by atoms with Crippen LogP contribution in [0.3, 0.4) is 0 Å². The molecule has 1 aliphatic heterocycles. The summed E-state index contributed by atoms with van der Waals surface area (Å²) in [5.74, 6) is 0.271. The summed E-state index contributed by atoms with van der Waals surface area (Å²) in [5, 5.41) is 3.07. The molecule has 0 unspecified atom stereocenters. The number of hydrogen-bond donors (Lipinski definition) is 1. The molecule has 1 heterocycles. The maximum absolute atomic E-state index is 12.6. The molecule has 1 aromatic rings. The fraction of sp³-hybridized carbons (Fsp3) is 0.619. The molecule has 2 fully saturated rings. The van der Waals surface area contributed by atoms with E-state index >= 15 is 0 Å². The van der Waals surface area contributed by atoms with Gasteiger partial charge in [-0.2, -0.15) is 0 Å². The summed E-state index contributed by atoms with van der Waals surface area (Å²) in [5.41, 5.74) is 2.33. The molecule has 1 saturated heterocycles. The van der Waals surface area contributed by atoms with Crippen LogP contribution < -0.4 is 5.32 Å². The lowest BCUT2D eigenvalue weighted by molar-refractivity contribution is -0.141. The monoisotopic (exact) mass is 342 g/mol. The van der Waals surface area contributed by atoms with Gasteiger partial charge in [0.1, 0.15) is 0 Å². The lowest BCUT2D eigenvalue weighted by atomic mass is 9.93. The van der Waals surface area contributed by atoms with Gasteiger partial charge >= 0.3 is 0 Å². The molecule has 4 nitrogen and oxygen atoms in total. The van der Waals surface area contributed by atoms with Crippen LogP contribution in [-0.2, 0) is 16.1 Å². The Kier molecular flexibility index (Phi) is 6.11. The molecule has 1 saturated carbocycles. The van der Waals surface area contributed by atoms with Crippen LogP contribution in [-0.4, -0.2) is 29.3 Å². The van der Waals surface area contributed by atoms with Crippen LogP contribution >= 0.6 is 0 Å². The van der Waals surface area contributed by atoms with Gasteiger partial charge in [-0.3, -0.25) is 9.59 Å². The summed E-state index contributed by atoms with van der Waals surface area (Å²) in [6.45, 7) is 3.22. The number of nitrogens with one attached hydrogen (secondary N) is 1. The molecule has 0 radical (unpaired) electrons. The Morgan fingerprint density at radius 2 is 1.92 bits per heavy atom. The van der Waals surface area contributed by atoms with Crippen molar-refractivity contribution >= 4 is 11.8 Å². The minimum Gasteiger partial charge on any atom is -0.352 e. The fourth-order valence-electron chi connectivity index (χ4n) is 4.16. The molecular weight excluding hydrogens is 312 g/mol. The number of benzene rings is 1. The van der Waals surface area contributed by atoms with E-state index in [1.807, 2.05) is 17.0 Å². The van der Waals surface area contributed by atoms with E-state index in [9.17, 15) is 9.59 Å². The van der Waals surface area contributed by atoms with Crippen molar-refractivity contribution in [3.63, 3.8) is 0 Å². The lowest BCUT2D eigenvalue weighted by Crippen LogP contribution is -2.49. The van der Waals surface area contributed by atoms with Crippen LogP contribution in [0.5, 0.6) is 0 Å². The number of hydrogen-bond acceptors (Lipinski definition) is 2. The Labute approximate surface area is 151 Å². The van der Waals surface area contributed by atoms with Gasteiger partial charge in [-0.1, -0.05) is 55.5 Å². The van der Waals surface area contributed by atoms with Crippen LogP contribution in [0.2, 0.25) is 0 Å². The van der Waals surface area contributed by atoms with Crippen molar-refractivity contribution in [3.05, 3.63) is 35.4 Å². The second-order valence-corrected chi connectivity index (χ2v) is 7.63. The molecule has 4 heteroatoms. The van der Waals surface area contributed by atoms with E-state index in [0.29, 0.717) is 32.0 Å². The third-order valence-corrected chi connectivity index (χ3v) is 5.63. The minimum absolute atomic E-state index is 0.0641. The molecule has 1 N–H and O–H groups in total. The number of amides is 2. The number of piperidine rings is 1. The highest BCUT2D eigenvalue weighted by molar-refractivity contribution is 5.84. The van der Waals surface area contributed by atoms with Crippen molar-refractivity contribution in [2.24, 2.45) is 5.92 Å². The van der Waals surface area contributed by atoms with Gasteiger partial charge in [0.05, 0.1) is 5.92 Å². The number of nitrogens with zero attached hydrogens (tertiary/aromatic N) is 1. The molecule has 2 amide bonds. The second kappa shape index (κ2) is 8.50. The molecule has 0 spiro atoms. The molecule has 1 aliphatic carbocycles. The second-order valence-electron chi connectivity index (χ2n) is 7.63. The average Bonchev–Trinajstić information content (AvgIpc) is 2.89. The summed E-state index contributed by atoms with van der Waals surface area (Å²) in [7, 11) is 0. The quantitative estimate of drug-likeness (QED) is 0.851. The number of aryl methyl sites for hydroxylation is 1. The Morgan fingerprint density at radius 3 is 2.64 bits per heavy atom. The first-order valence-corrected chi connectivity index (χ1v) is 9.76. The van der Waals surface area contributed by atoms with Gasteiger partial charge in [-0.15, -0.1) is 0 Å². The topological polar surface area (TPSA) is 49.4 Å². The van der Waals surface area contributed by atoms with Crippen LogP contribution in [0.15, 0.2) is 24.3 Å². The van der Waals surface area contributed by atoms with Crippen molar-refractivity contribution in [2.75, 3.05) is 6.54 Å². The summed E-state index contributed by atoms with van der Waals surface area (Å²) in [6.07, 6.45) is 8.36. The van der Waals surface area contributed by atoms with Crippen molar-refractivity contribution in [3.8, 4) is 0 Å². The Hall–Kier alpha value is -1.84. The third kappa shape index (κ3) is 4.83. The van der Waals surface area contributed by atoms with Crippen LogP contribution in [0.1, 0.15) is 62.5 Å². The van der Waals surface area contributed by atoms with E-state index in [1.165, 1.54) is 31.2 Å². The molecule has 1 atom stereocenters. The van der Waals surface area contributed by atoms with Gasteiger partial charge in [-0.05, 0) is 31.7 Å². The fourth-order valence-corrected chi connectivity index (χ4v) is 4.16. The molecule has 25 heavy (non-hydrogen) atoms. The van der Waals surface area contributed by atoms with Crippen molar-refractivity contribution in [1.29, 1.82) is 0 Å². The Balaban J connectivity index is 1.56. The third-order valence-electron chi connectivity index (χ3n) is 5.63. The van der Waals surface area contributed by atoms with Crippen molar-refractivity contribution in [1.82, 2.24) is 10.2 Å². The summed E-state index contributed by atoms with van der Waals surface area (Å²) >= 11 is 0. The van der Waals surface area contributed by atoms with E-state index in [1.54, 1.807) is 0 Å². The Bertz CT molecular complexity index is 606. The summed E-state index contributed by atoms with van der Waals surface area (Å²) in [4.78, 5) is 27.0. The van der Waals surface area contributed by atoms with Crippen molar-refractivity contribution < 1.29 is 9.59 Å². The normalized spacial score (nSPS) is 22.5. The number of rotatable bonds is 4. The Morgan fingerprint density at radius 1 is 1.16 bits per heavy atom. The van der Waals surface area contributed by atoms with Gasteiger partial charge in [0, 0.05) is 25.6 Å². The van der Waals surface area contributed by atoms with E-state index in [0.717, 1.165) is 18.4 Å². The van der Waals surface area contributed by atoms with E-state index < -0.39 is 0 Å². The van der Waals surface area contributed by atoms with Crippen LogP contribution in [0.4, 0.5) is 0 Å². The first-order chi connectivity index (χ1) is 12.1. The molecule has 0 bridgehead atoms. The highest BCUT2D eigenvalue weighted by Crippen LogP contribution is 2.27. The average molecular weight is 342 g/mol.